The zero-order valence-electron chi connectivity index (χ0n) is 19.1. The highest BCUT2D eigenvalue weighted by Crippen LogP contribution is 2.13. The van der Waals surface area contributed by atoms with Crippen molar-refractivity contribution in [3.63, 3.8) is 0 Å². The van der Waals surface area contributed by atoms with Crippen LogP contribution in [0.1, 0.15) is 46.5 Å². The average molecular weight is 503 g/mol. The van der Waals surface area contributed by atoms with Crippen molar-refractivity contribution >= 4 is 26.1 Å². The van der Waals surface area contributed by atoms with Gasteiger partial charge in [-0.05, 0) is 44.5 Å². The third kappa shape index (κ3) is 15.2. The fourth-order valence-corrected chi connectivity index (χ4v) is 3.49. The maximum atomic E-state index is 11.0. The van der Waals surface area contributed by atoms with Gasteiger partial charge in [0.05, 0.1) is 16.3 Å². The van der Waals surface area contributed by atoms with Crippen molar-refractivity contribution in [2.75, 3.05) is 6.54 Å². The third-order valence-electron chi connectivity index (χ3n) is 4.15. The first kappa shape index (κ1) is 30.7. The molecule has 2 rings (SSSR count). The molecular weight excluding hydrogens is 468 g/mol. The van der Waals surface area contributed by atoms with Crippen molar-refractivity contribution in [3.8, 4) is 0 Å². The highest BCUT2D eigenvalue weighted by Gasteiger charge is 2.18. The maximum Gasteiger partial charge on any atom is 0.294 e. The van der Waals surface area contributed by atoms with Gasteiger partial charge in [0.1, 0.15) is 0 Å². The number of benzene rings is 2. The first-order valence-corrected chi connectivity index (χ1v) is 13.2. The van der Waals surface area contributed by atoms with Crippen molar-refractivity contribution in [2.45, 2.75) is 61.8 Å². The van der Waals surface area contributed by atoms with E-state index in [1.54, 1.807) is 36.4 Å². The Morgan fingerprint density at radius 3 is 1.52 bits per heavy atom. The Kier molecular flexibility index (Phi) is 13.7. The van der Waals surface area contributed by atoms with Crippen molar-refractivity contribution in [3.05, 3.63) is 60.7 Å². The predicted octanol–water partition coefficient (Wildman–Crippen LogP) is 3.29. The summed E-state index contributed by atoms with van der Waals surface area (Å²) in [6.45, 7) is 6.33. The van der Waals surface area contributed by atoms with Crippen molar-refractivity contribution < 1.29 is 30.7 Å². The molecular formula is C22H34N2O7S2. The third-order valence-corrected chi connectivity index (χ3v) is 5.89. The zero-order valence-corrected chi connectivity index (χ0v) is 20.8. The molecule has 0 unspecified atom stereocenters. The number of carbonyl (C=O) groups excluding carboxylic acids is 1. The lowest BCUT2D eigenvalue weighted by Gasteiger charge is -2.25. The van der Waals surface area contributed by atoms with Crippen LogP contribution >= 0.6 is 0 Å². The molecule has 0 aliphatic rings. The minimum Gasteiger partial charge on any atom is -0.350 e. The highest BCUT2D eigenvalue weighted by atomic mass is 32.2. The van der Waals surface area contributed by atoms with Gasteiger partial charge in [-0.2, -0.15) is 16.8 Å². The van der Waals surface area contributed by atoms with Gasteiger partial charge in [0.25, 0.3) is 20.2 Å². The highest BCUT2D eigenvalue weighted by molar-refractivity contribution is 7.86. The quantitative estimate of drug-likeness (QED) is 0.315. The van der Waals surface area contributed by atoms with Crippen LogP contribution in [-0.2, 0) is 25.0 Å². The van der Waals surface area contributed by atoms with Crippen LogP contribution in [0.2, 0.25) is 0 Å². The van der Waals surface area contributed by atoms with Crippen molar-refractivity contribution in [1.82, 2.24) is 5.32 Å². The van der Waals surface area contributed by atoms with Crippen LogP contribution in [0.25, 0.3) is 0 Å². The number of hydrogen-bond acceptors (Lipinski definition) is 6. The lowest BCUT2D eigenvalue weighted by Crippen LogP contribution is -2.45. The summed E-state index contributed by atoms with van der Waals surface area (Å²) in [6.07, 6.45) is 4.61. The van der Waals surface area contributed by atoms with E-state index in [1.165, 1.54) is 37.1 Å². The summed E-state index contributed by atoms with van der Waals surface area (Å²) in [7, 11) is -8.01. The molecule has 2 aromatic rings. The number of nitrogens with two attached hydrogens (primary N) is 1. The summed E-state index contributed by atoms with van der Waals surface area (Å²) in [5.74, 6) is -0.0681. The van der Waals surface area contributed by atoms with Crippen LogP contribution in [-0.4, -0.2) is 43.9 Å². The van der Waals surface area contributed by atoms with Gasteiger partial charge < -0.3 is 11.1 Å². The molecule has 0 bridgehead atoms. The maximum absolute atomic E-state index is 11.0. The van der Waals surface area contributed by atoms with Crippen molar-refractivity contribution in [1.29, 1.82) is 0 Å². The number of nitrogens with one attached hydrogen (secondary N) is 1. The minimum atomic E-state index is -4.00. The van der Waals surface area contributed by atoms with E-state index in [2.05, 4.69) is 12.2 Å². The molecule has 0 aromatic heterocycles. The number of amides is 1. The molecule has 9 nitrogen and oxygen atoms in total. The van der Waals surface area contributed by atoms with Gasteiger partial charge >= 0.3 is 0 Å². The van der Waals surface area contributed by atoms with Crippen LogP contribution < -0.4 is 11.1 Å². The van der Waals surface area contributed by atoms with Gasteiger partial charge in [-0.15, -0.1) is 0 Å². The molecule has 0 fully saturated rings. The second-order valence-electron chi connectivity index (χ2n) is 7.67. The summed E-state index contributed by atoms with van der Waals surface area (Å²) in [5, 5.41) is 2.90. The first-order chi connectivity index (χ1) is 15.2. The Morgan fingerprint density at radius 1 is 0.848 bits per heavy atom. The lowest BCUT2D eigenvalue weighted by atomic mass is 9.97. The molecule has 0 aliphatic heterocycles. The predicted molar refractivity (Wildman–Crippen MR) is 128 cm³/mol. The van der Waals surface area contributed by atoms with E-state index >= 15 is 0 Å². The Balaban J connectivity index is 0.000000470. The molecule has 0 radical (unpaired) electrons. The monoisotopic (exact) mass is 502 g/mol. The smallest absolute Gasteiger partial charge is 0.294 e. The van der Waals surface area contributed by atoms with Crippen LogP contribution in [0.5, 0.6) is 0 Å². The molecule has 0 spiro atoms. The molecule has 1 amide bonds. The van der Waals surface area contributed by atoms with E-state index in [0.29, 0.717) is 0 Å². The fourth-order valence-electron chi connectivity index (χ4n) is 2.49. The topological polar surface area (TPSA) is 164 Å². The Bertz CT molecular complexity index is 957. The lowest BCUT2D eigenvalue weighted by molar-refractivity contribution is -0.121. The number of unbranched alkanes of at least 4 members (excludes halogenated alkanes) is 2. The van der Waals surface area contributed by atoms with Gasteiger partial charge in [-0.25, -0.2) is 0 Å². The SMILES string of the molecule is CCCCCC(C)(C)NC(=O)CN.O=S(=O)(O)c1ccccc1.O=S(=O)(O)c1ccccc1. The second-order valence-corrected chi connectivity index (χ2v) is 10.5. The van der Waals surface area contributed by atoms with E-state index in [9.17, 15) is 21.6 Å². The molecule has 11 heteroatoms. The second kappa shape index (κ2) is 14.8. The molecule has 0 saturated heterocycles. The van der Waals surface area contributed by atoms with Crippen LogP contribution in [0.4, 0.5) is 0 Å². The summed E-state index contributed by atoms with van der Waals surface area (Å²) >= 11 is 0. The fraction of sp³-hybridized carbons (Fsp3) is 0.409. The van der Waals surface area contributed by atoms with Gasteiger partial charge in [0.2, 0.25) is 5.91 Å². The minimum absolute atomic E-state index is 0.0681. The van der Waals surface area contributed by atoms with E-state index in [4.69, 9.17) is 14.8 Å². The van der Waals surface area contributed by atoms with Gasteiger partial charge in [0, 0.05) is 5.54 Å². The Morgan fingerprint density at radius 2 is 1.24 bits per heavy atom. The van der Waals surface area contributed by atoms with Gasteiger partial charge in [-0.3, -0.25) is 13.9 Å². The van der Waals surface area contributed by atoms with E-state index in [1.807, 2.05) is 13.8 Å². The molecule has 33 heavy (non-hydrogen) atoms. The molecule has 0 atom stereocenters. The number of carbonyl (C=O) groups is 1. The molecule has 0 saturated carbocycles. The Labute approximate surface area is 196 Å². The largest absolute Gasteiger partial charge is 0.350 e. The van der Waals surface area contributed by atoms with E-state index in [-0.39, 0.29) is 27.8 Å². The molecule has 0 aliphatic carbocycles. The summed E-state index contributed by atoms with van der Waals surface area (Å²) in [6, 6.07) is 14.8. The van der Waals surface area contributed by atoms with Gasteiger partial charge in [0.15, 0.2) is 0 Å². The molecule has 186 valence electrons. The summed E-state index contributed by atoms with van der Waals surface area (Å²) in [4.78, 5) is 10.9. The van der Waals surface area contributed by atoms with Crippen LogP contribution in [0.3, 0.4) is 0 Å². The summed E-state index contributed by atoms with van der Waals surface area (Å²) in [5.41, 5.74) is 5.12. The number of hydrogen-bond donors (Lipinski definition) is 4. The standard InChI is InChI=1S/C10H22N2O.2C6H6O3S/c1-4-5-6-7-10(2,3)12-9(13)8-11;2*7-10(8,9)6-4-2-1-3-5-6/h4-8,11H2,1-3H3,(H,12,13);2*1-5H,(H,7,8,9). The molecule has 5 N–H and O–H groups in total. The summed E-state index contributed by atoms with van der Waals surface area (Å²) < 4.78 is 58.5. The first-order valence-electron chi connectivity index (χ1n) is 10.3. The Hall–Kier alpha value is -2.31. The van der Waals surface area contributed by atoms with E-state index < -0.39 is 20.2 Å². The van der Waals surface area contributed by atoms with Crippen LogP contribution in [0.15, 0.2) is 70.5 Å². The van der Waals surface area contributed by atoms with E-state index in [0.717, 1.165) is 12.8 Å². The molecule has 2 aromatic carbocycles. The normalized spacial score (nSPS) is 11.3. The molecule has 0 heterocycles. The van der Waals surface area contributed by atoms with Gasteiger partial charge in [-0.1, -0.05) is 62.6 Å². The average Bonchev–Trinajstić information content (AvgIpc) is 2.74. The zero-order chi connectivity index (χ0) is 25.5. The number of rotatable bonds is 8. The van der Waals surface area contributed by atoms with Crippen molar-refractivity contribution in [2.24, 2.45) is 5.73 Å². The van der Waals surface area contributed by atoms with Crippen LogP contribution in [0, 0.1) is 0 Å².